The third-order valence-corrected chi connectivity index (χ3v) is 10.7. The Kier molecular flexibility index (Phi) is 43.5. The van der Waals surface area contributed by atoms with Crippen LogP contribution in [0.15, 0.2) is 0 Å². The average molecular weight is 673 g/mol. The molecule has 2 nitrogen and oxygen atoms in total. The van der Waals surface area contributed by atoms with E-state index in [1.165, 1.54) is 249 Å². The van der Waals surface area contributed by atoms with Crippen LogP contribution >= 0.6 is 0 Å². The van der Waals surface area contributed by atoms with Gasteiger partial charge in [0.05, 0.1) is 26.7 Å². The first-order valence-electron chi connectivity index (χ1n) is 21.6. The van der Waals surface area contributed by atoms with Crippen molar-refractivity contribution in [3.05, 3.63) is 0 Å². The van der Waals surface area contributed by atoms with Crippen LogP contribution in [0.4, 0.5) is 0 Å². The van der Waals surface area contributed by atoms with Crippen LogP contribution in [0.25, 0.3) is 0 Å². The molecule has 46 heavy (non-hydrogen) atoms. The predicted molar refractivity (Wildman–Crippen MR) is 205 cm³/mol. The van der Waals surface area contributed by atoms with E-state index >= 15 is 0 Å². The lowest BCUT2D eigenvalue weighted by atomic mass is 10.0. The molecule has 0 aromatic rings. The highest BCUT2D eigenvalue weighted by atomic mass is 35.5. The van der Waals surface area contributed by atoms with Crippen LogP contribution in [0.1, 0.15) is 245 Å². The summed E-state index contributed by atoms with van der Waals surface area (Å²) in [6.45, 7) is 9.23. The van der Waals surface area contributed by atoms with E-state index in [4.69, 9.17) is 5.11 Å². The first-order chi connectivity index (χ1) is 22.2. The van der Waals surface area contributed by atoms with Crippen LogP contribution in [-0.4, -0.2) is 42.9 Å². The standard InChI is InChI=1S/C43H90NO.ClH/c1-4-6-8-10-12-14-16-18-20-22-24-28-32-36-40-44(3,42-38-34-30-26-27-31-35-39-43-45)41-37-33-29-25-23-21-19-17-15-13-11-9-7-5-2;/h45H,4-43H2,1-3H3;1H/q+1;/p-1. The van der Waals surface area contributed by atoms with Crippen molar-refractivity contribution in [2.24, 2.45) is 0 Å². The summed E-state index contributed by atoms with van der Waals surface area (Å²) in [6, 6.07) is 0. The van der Waals surface area contributed by atoms with Gasteiger partial charge in [0.2, 0.25) is 0 Å². The van der Waals surface area contributed by atoms with Gasteiger partial charge in [-0.25, -0.2) is 0 Å². The molecule has 0 saturated heterocycles. The molecule has 0 fully saturated rings. The molecule has 0 aromatic heterocycles. The molecule has 0 saturated carbocycles. The maximum absolute atomic E-state index is 8.97. The van der Waals surface area contributed by atoms with Gasteiger partial charge >= 0.3 is 0 Å². The van der Waals surface area contributed by atoms with Gasteiger partial charge in [0, 0.05) is 6.61 Å². The monoisotopic (exact) mass is 672 g/mol. The minimum Gasteiger partial charge on any atom is -1.00 e. The molecule has 0 radical (unpaired) electrons. The second-order valence-corrected chi connectivity index (χ2v) is 15.5. The van der Waals surface area contributed by atoms with Gasteiger partial charge in [0.15, 0.2) is 0 Å². The van der Waals surface area contributed by atoms with Crippen molar-refractivity contribution < 1.29 is 22.0 Å². The van der Waals surface area contributed by atoms with Crippen molar-refractivity contribution in [1.29, 1.82) is 0 Å². The molecule has 0 heterocycles. The molecule has 0 rings (SSSR count). The molecule has 0 bridgehead atoms. The molecule has 0 aromatic carbocycles. The summed E-state index contributed by atoms with van der Waals surface area (Å²) in [5, 5.41) is 8.97. The minimum absolute atomic E-state index is 0. The Labute approximate surface area is 299 Å². The quantitative estimate of drug-likeness (QED) is 0.0507. The topological polar surface area (TPSA) is 20.2 Å². The lowest BCUT2D eigenvalue weighted by Gasteiger charge is -2.35. The summed E-state index contributed by atoms with van der Waals surface area (Å²) in [6.07, 6.45) is 51.4. The Balaban J connectivity index is 0. The molecule has 0 amide bonds. The Hall–Kier alpha value is 0.210. The van der Waals surface area contributed by atoms with Crippen LogP contribution in [0.5, 0.6) is 0 Å². The lowest BCUT2D eigenvalue weighted by molar-refractivity contribution is -0.910. The maximum atomic E-state index is 8.97. The zero-order valence-corrected chi connectivity index (χ0v) is 33.3. The van der Waals surface area contributed by atoms with Gasteiger partial charge < -0.3 is 22.0 Å². The molecule has 0 spiro atoms. The van der Waals surface area contributed by atoms with Crippen LogP contribution in [0, 0.1) is 0 Å². The number of rotatable bonds is 40. The third kappa shape index (κ3) is 38.7. The Morgan fingerprint density at radius 2 is 0.457 bits per heavy atom. The second-order valence-electron chi connectivity index (χ2n) is 15.5. The van der Waals surface area contributed by atoms with E-state index in [0.717, 1.165) is 6.42 Å². The first-order valence-corrected chi connectivity index (χ1v) is 21.6. The normalized spacial score (nSPS) is 11.7. The first kappa shape index (κ1) is 48.3. The highest BCUT2D eigenvalue weighted by Crippen LogP contribution is 2.18. The van der Waals surface area contributed by atoms with E-state index in [1.807, 2.05) is 0 Å². The number of aliphatic hydroxyl groups is 1. The van der Waals surface area contributed by atoms with Crippen LogP contribution in [0.3, 0.4) is 0 Å². The van der Waals surface area contributed by atoms with E-state index in [-0.39, 0.29) is 12.4 Å². The number of halogens is 1. The molecule has 0 aliphatic heterocycles. The van der Waals surface area contributed by atoms with E-state index < -0.39 is 0 Å². The van der Waals surface area contributed by atoms with Gasteiger partial charge in [-0.2, -0.15) is 0 Å². The molecule has 280 valence electrons. The van der Waals surface area contributed by atoms with Gasteiger partial charge in [0.25, 0.3) is 0 Å². The van der Waals surface area contributed by atoms with Crippen molar-refractivity contribution >= 4 is 0 Å². The molecule has 0 aliphatic rings. The summed E-state index contributed by atoms with van der Waals surface area (Å²) in [7, 11) is 2.60. The van der Waals surface area contributed by atoms with Crippen molar-refractivity contribution in [2.75, 3.05) is 33.3 Å². The zero-order valence-electron chi connectivity index (χ0n) is 32.6. The Morgan fingerprint density at radius 3 is 0.652 bits per heavy atom. The Bertz CT molecular complexity index is 495. The summed E-state index contributed by atoms with van der Waals surface area (Å²) < 4.78 is 1.34. The number of hydrogen-bond donors (Lipinski definition) is 1. The summed E-state index contributed by atoms with van der Waals surface area (Å²) in [5.41, 5.74) is 0. The highest BCUT2D eigenvalue weighted by Gasteiger charge is 2.20. The molecule has 3 heteroatoms. The largest absolute Gasteiger partial charge is 1.00 e. The van der Waals surface area contributed by atoms with E-state index in [1.54, 1.807) is 0 Å². The molecule has 0 atom stereocenters. The van der Waals surface area contributed by atoms with Crippen molar-refractivity contribution in [3.8, 4) is 0 Å². The number of aliphatic hydroxyl groups excluding tert-OH is 1. The lowest BCUT2D eigenvalue weighted by Crippen LogP contribution is -3.00. The highest BCUT2D eigenvalue weighted by molar-refractivity contribution is 4.54. The number of quaternary nitrogens is 1. The molecular formula is C43H90ClNO. The van der Waals surface area contributed by atoms with Crippen LogP contribution in [-0.2, 0) is 0 Å². The van der Waals surface area contributed by atoms with Gasteiger partial charge in [-0.05, 0) is 44.9 Å². The maximum Gasteiger partial charge on any atom is 0.0784 e. The fourth-order valence-electron chi connectivity index (χ4n) is 7.38. The van der Waals surface area contributed by atoms with Gasteiger partial charge in [0.1, 0.15) is 0 Å². The fraction of sp³-hybridized carbons (Fsp3) is 1.00. The van der Waals surface area contributed by atoms with Crippen LogP contribution < -0.4 is 12.4 Å². The third-order valence-electron chi connectivity index (χ3n) is 10.7. The number of unbranched alkanes of at least 4 members (excludes halogenated alkanes) is 33. The van der Waals surface area contributed by atoms with Gasteiger partial charge in [-0.1, -0.05) is 200 Å². The van der Waals surface area contributed by atoms with Gasteiger partial charge in [-0.15, -0.1) is 0 Å². The summed E-state index contributed by atoms with van der Waals surface area (Å²) in [5.74, 6) is 0. The molecule has 1 N–H and O–H groups in total. The summed E-state index contributed by atoms with van der Waals surface area (Å²) in [4.78, 5) is 0. The van der Waals surface area contributed by atoms with E-state index in [9.17, 15) is 0 Å². The fourth-order valence-corrected chi connectivity index (χ4v) is 7.38. The van der Waals surface area contributed by atoms with Gasteiger partial charge in [-0.3, -0.25) is 0 Å². The summed E-state index contributed by atoms with van der Waals surface area (Å²) >= 11 is 0. The van der Waals surface area contributed by atoms with E-state index in [2.05, 4.69) is 20.9 Å². The zero-order chi connectivity index (χ0) is 32.8. The minimum atomic E-state index is 0. The van der Waals surface area contributed by atoms with Crippen molar-refractivity contribution in [1.82, 2.24) is 0 Å². The molecule has 0 unspecified atom stereocenters. The molecule has 0 aliphatic carbocycles. The van der Waals surface area contributed by atoms with Crippen molar-refractivity contribution in [3.63, 3.8) is 0 Å². The average Bonchev–Trinajstić information content (AvgIpc) is 3.04. The van der Waals surface area contributed by atoms with Crippen LogP contribution in [0.2, 0.25) is 0 Å². The van der Waals surface area contributed by atoms with Crippen molar-refractivity contribution in [2.45, 2.75) is 245 Å². The number of nitrogens with zero attached hydrogens (tertiary/aromatic N) is 1. The smallest absolute Gasteiger partial charge is 0.0784 e. The van der Waals surface area contributed by atoms with E-state index in [0.29, 0.717) is 6.61 Å². The number of hydrogen-bond acceptors (Lipinski definition) is 1. The molecular weight excluding hydrogens is 582 g/mol. The Morgan fingerprint density at radius 1 is 0.283 bits per heavy atom. The predicted octanol–water partition coefficient (Wildman–Crippen LogP) is 11.5. The second kappa shape index (κ2) is 41.4. The SMILES string of the molecule is CCCCCCCCCCCCCCCC[N+](C)(CCCCCCCCCCO)CCCCCCCCCCCCCCCC.[Cl-].